The summed E-state index contributed by atoms with van der Waals surface area (Å²) in [4.78, 5) is 40.7. The molecule has 1 aliphatic rings. The van der Waals surface area contributed by atoms with E-state index in [0.717, 1.165) is 22.5 Å². The van der Waals surface area contributed by atoms with Crippen molar-refractivity contribution in [3.8, 4) is 5.69 Å². The quantitative estimate of drug-likeness (QED) is 0.333. The smallest absolute Gasteiger partial charge is 0.340 e. The minimum Gasteiger partial charge on any atom is -0.465 e. The molecule has 0 spiro atoms. The number of aromatic nitrogens is 1. The van der Waals surface area contributed by atoms with Crippen LogP contribution in [0.1, 0.15) is 46.7 Å². The van der Waals surface area contributed by atoms with Gasteiger partial charge in [0, 0.05) is 22.8 Å². The third kappa shape index (κ3) is 4.60. The van der Waals surface area contributed by atoms with Crippen molar-refractivity contribution in [3.05, 3.63) is 99.5 Å². The lowest BCUT2D eigenvalue weighted by Crippen LogP contribution is -2.24. The molecule has 2 aromatic carbocycles. The SMILES string of the molecule is CCOC(=O)C1=C(C)N(c2ccc(C)cc2)C(=O)/C1=C\c1cc(C)n(-c2ccccc2C(=O)OC)c1C. The van der Waals surface area contributed by atoms with E-state index in [1.165, 1.54) is 7.11 Å². The molecule has 3 aromatic rings. The lowest BCUT2D eigenvalue weighted by Gasteiger charge is -2.18. The molecule has 2 heterocycles. The van der Waals surface area contributed by atoms with Crippen molar-refractivity contribution in [2.75, 3.05) is 18.6 Å². The Morgan fingerprint density at radius 3 is 2.27 bits per heavy atom. The van der Waals surface area contributed by atoms with Crippen molar-refractivity contribution in [1.29, 1.82) is 0 Å². The first kappa shape index (κ1) is 25.7. The zero-order chi connectivity index (χ0) is 26.9. The minimum absolute atomic E-state index is 0.195. The maximum absolute atomic E-state index is 13.7. The highest BCUT2D eigenvalue weighted by Gasteiger charge is 2.38. The number of methoxy groups -OCH3 is 1. The van der Waals surface area contributed by atoms with Crippen LogP contribution in [-0.2, 0) is 19.1 Å². The summed E-state index contributed by atoms with van der Waals surface area (Å²) >= 11 is 0. The van der Waals surface area contributed by atoms with Crippen LogP contribution in [0.2, 0.25) is 0 Å². The number of para-hydroxylation sites is 1. The number of anilines is 1. The number of esters is 2. The molecule has 0 fully saturated rings. The van der Waals surface area contributed by atoms with E-state index in [-0.39, 0.29) is 23.7 Å². The van der Waals surface area contributed by atoms with E-state index in [1.807, 2.05) is 67.8 Å². The van der Waals surface area contributed by atoms with Crippen LogP contribution in [0.4, 0.5) is 5.69 Å². The van der Waals surface area contributed by atoms with Crippen molar-refractivity contribution < 1.29 is 23.9 Å². The number of aryl methyl sites for hydroxylation is 2. The Morgan fingerprint density at radius 2 is 1.62 bits per heavy atom. The van der Waals surface area contributed by atoms with Crippen molar-refractivity contribution in [2.45, 2.75) is 34.6 Å². The van der Waals surface area contributed by atoms with Gasteiger partial charge in [-0.15, -0.1) is 0 Å². The summed E-state index contributed by atoms with van der Waals surface area (Å²) in [6.07, 6.45) is 1.73. The molecular formula is C30H30N2O5. The molecule has 0 saturated heterocycles. The highest BCUT2D eigenvalue weighted by molar-refractivity contribution is 6.23. The van der Waals surface area contributed by atoms with Crippen LogP contribution >= 0.6 is 0 Å². The monoisotopic (exact) mass is 498 g/mol. The summed E-state index contributed by atoms with van der Waals surface area (Å²) in [5, 5.41) is 0. The molecule has 1 aromatic heterocycles. The summed E-state index contributed by atoms with van der Waals surface area (Å²) in [6.45, 7) is 9.48. The van der Waals surface area contributed by atoms with E-state index in [4.69, 9.17) is 9.47 Å². The van der Waals surface area contributed by atoms with Crippen LogP contribution in [0.3, 0.4) is 0 Å². The summed E-state index contributed by atoms with van der Waals surface area (Å²) in [6, 6.07) is 16.7. The minimum atomic E-state index is -0.543. The molecule has 0 N–H and O–H groups in total. The van der Waals surface area contributed by atoms with Crippen LogP contribution < -0.4 is 4.90 Å². The van der Waals surface area contributed by atoms with Gasteiger partial charge >= 0.3 is 11.9 Å². The van der Waals surface area contributed by atoms with Gasteiger partial charge in [0.1, 0.15) is 0 Å². The van der Waals surface area contributed by atoms with Gasteiger partial charge in [-0.2, -0.15) is 0 Å². The molecule has 0 unspecified atom stereocenters. The Labute approximate surface area is 216 Å². The number of allylic oxidation sites excluding steroid dienone is 1. The van der Waals surface area contributed by atoms with Crippen LogP contribution in [-0.4, -0.2) is 36.1 Å². The second kappa shape index (κ2) is 10.3. The summed E-state index contributed by atoms with van der Waals surface area (Å²) < 4.78 is 12.2. The zero-order valence-corrected chi connectivity index (χ0v) is 21.9. The van der Waals surface area contributed by atoms with Gasteiger partial charge in [0.25, 0.3) is 5.91 Å². The third-order valence-electron chi connectivity index (χ3n) is 6.49. The summed E-state index contributed by atoms with van der Waals surface area (Å²) in [7, 11) is 1.35. The average Bonchev–Trinajstić information content (AvgIpc) is 3.30. The maximum atomic E-state index is 13.7. The molecular weight excluding hydrogens is 468 g/mol. The molecule has 4 rings (SSSR count). The lowest BCUT2D eigenvalue weighted by atomic mass is 10.0. The van der Waals surface area contributed by atoms with E-state index in [0.29, 0.717) is 22.6 Å². The van der Waals surface area contributed by atoms with Gasteiger partial charge in [-0.1, -0.05) is 29.8 Å². The van der Waals surface area contributed by atoms with Crippen molar-refractivity contribution in [1.82, 2.24) is 4.57 Å². The maximum Gasteiger partial charge on any atom is 0.340 e. The highest BCUT2D eigenvalue weighted by atomic mass is 16.5. The van der Waals surface area contributed by atoms with Crippen LogP contribution in [0.25, 0.3) is 11.8 Å². The molecule has 0 radical (unpaired) electrons. The molecule has 1 aliphatic heterocycles. The molecule has 0 atom stereocenters. The van der Waals surface area contributed by atoms with Gasteiger partial charge in [-0.25, -0.2) is 9.59 Å². The Bertz CT molecular complexity index is 1460. The van der Waals surface area contributed by atoms with E-state index in [2.05, 4.69) is 0 Å². The van der Waals surface area contributed by atoms with Crippen molar-refractivity contribution >= 4 is 29.6 Å². The number of carbonyl (C=O) groups excluding carboxylic acids is 3. The van der Waals surface area contributed by atoms with Crippen LogP contribution in [0.15, 0.2) is 71.4 Å². The number of hydrogen-bond acceptors (Lipinski definition) is 5. The standard InChI is InChI=1S/C30H30N2O5/c1-7-37-30(35)27-21(5)32(23-14-12-18(2)13-15-23)28(33)25(27)17-22-16-19(3)31(20(22)4)26-11-9-8-10-24(26)29(34)36-6/h8-17H,7H2,1-6H3/b25-17-. The number of ether oxygens (including phenoxy) is 2. The number of carbonyl (C=O) groups is 3. The summed E-state index contributed by atoms with van der Waals surface area (Å²) in [5.74, 6) is -1.28. The van der Waals surface area contributed by atoms with Gasteiger partial charge in [0.05, 0.1) is 36.1 Å². The fourth-order valence-electron chi connectivity index (χ4n) is 4.70. The predicted molar refractivity (Wildman–Crippen MR) is 143 cm³/mol. The Kier molecular flexibility index (Phi) is 7.16. The highest BCUT2D eigenvalue weighted by Crippen LogP contribution is 2.36. The first-order valence-corrected chi connectivity index (χ1v) is 12.1. The van der Waals surface area contributed by atoms with Gasteiger partial charge in [-0.05, 0) is 76.6 Å². The fraction of sp³-hybridized carbons (Fsp3) is 0.233. The molecule has 0 bridgehead atoms. The molecule has 1 amide bonds. The second-order valence-electron chi connectivity index (χ2n) is 8.89. The molecule has 0 saturated carbocycles. The first-order chi connectivity index (χ1) is 17.7. The lowest BCUT2D eigenvalue weighted by molar-refractivity contribution is -0.138. The van der Waals surface area contributed by atoms with E-state index >= 15 is 0 Å². The second-order valence-corrected chi connectivity index (χ2v) is 8.89. The van der Waals surface area contributed by atoms with Gasteiger partial charge in [-0.3, -0.25) is 9.69 Å². The number of nitrogens with zero attached hydrogens (tertiary/aromatic N) is 2. The molecule has 7 heteroatoms. The summed E-state index contributed by atoms with van der Waals surface area (Å²) in [5.41, 5.74) is 6.29. The predicted octanol–water partition coefficient (Wildman–Crippen LogP) is 5.46. The van der Waals surface area contributed by atoms with Crippen LogP contribution in [0, 0.1) is 20.8 Å². The van der Waals surface area contributed by atoms with Crippen LogP contribution in [0.5, 0.6) is 0 Å². The number of rotatable bonds is 6. The Balaban J connectivity index is 1.86. The van der Waals surface area contributed by atoms with Crippen molar-refractivity contribution in [2.24, 2.45) is 0 Å². The van der Waals surface area contributed by atoms with E-state index in [1.54, 1.807) is 37.0 Å². The fourth-order valence-corrected chi connectivity index (χ4v) is 4.70. The van der Waals surface area contributed by atoms with Gasteiger partial charge in [0.15, 0.2) is 0 Å². The van der Waals surface area contributed by atoms with E-state index in [9.17, 15) is 14.4 Å². The van der Waals surface area contributed by atoms with Crippen molar-refractivity contribution in [3.63, 3.8) is 0 Å². The zero-order valence-electron chi connectivity index (χ0n) is 21.9. The van der Waals surface area contributed by atoms with Gasteiger partial charge in [0.2, 0.25) is 0 Å². The number of amides is 1. The largest absolute Gasteiger partial charge is 0.465 e. The van der Waals surface area contributed by atoms with E-state index < -0.39 is 11.9 Å². The number of hydrogen-bond donors (Lipinski definition) is 0. The van der Waals surface area contributed by atoms with Gasteiger partial charge < -0.3 is 14.0 Å². The molecule has 190 valence electrons. The Morgan fingerprint density at radius 1 is 0.946 bits per heavy atom. The normalized spacial score (nSPS) is 14.5. The third-order valence-corrected chi connectivity index (χ3v) is 6.49. The molecule has 37 heavy (non-hydrogen) atoms. The first-order valence-electron chi connectivity index (χ1n) is 12.1. The molecule has 0 aliphatic carbocycles. The topological polar surface area (TPSA) is 77.8 Å². The average molecular weight is 499 g/mol. The number of benzene rings is 2. The Hall–Kier alpha value is -4.39. The molecule has 7 nitrogen and oxygen atoms in total.